The van der Waals surface area contributed by atoms with E-state index in [4.69, 9.17) is 15.8 Å². The highest BCUT2D eigenvalue weighted by Gasteiger charge is 2.17. The smallest absolute Gasteiger partial charge is 0.266 e. The lowest BCUT2D eigenvalue weighted by Crippen LogP contribution is -2.09. The minimum atomic E-state index is -3.68. The van der Waals surface area contributed by atoms with E-state index >= 15 is 0 Å². The van der Waals surface area contributed by atoms with Gasteiger partial charge in [0, 0.05) is 5.02 Å². The van der Waals surface area contributed by atoms with Crippen molar-refractivity contribution in [3.63, 3.8) is 0 Å². The van der Waals surface area contributed by atoms with Gasteiger partial charge in [-0.15, -0.1) is 0 Å². The summed E-state index contributed by atoms with van der Waals surface area (Å²) in [5, 5.41) is 0.529. The van der Waals surface area contributed by atoms with Crippen LogP contribution in [0.2, 0.25) is 5.02 Å². The summed E-state index contributed by atoms with van der Waals surface area (Å²) in [6, 6.07) is 4.72. The average Bonchev–Trinajstić information content (AvgIpc) is 2.52. The lowest BCUT2D eigenvalue weighted by atomic mass is 10.1. The molecule has 3 nitrogen and oxygen atoms in total. The van der Waals surface area contributed by atoms with Crippen molar-refractivity contribution in [1.29, 1.82) is 0 Å². The van der Waals surface area contributed by atoms with E-state index in [9.17, 15) is 8.42 Å². The topological polar surface area (TPSA) is 43.4 Å². The van der Waals surface area contributed by atoms with E-state index < -0.39 is 10.1 Å². The van der Waals surface area contributed by atoms with Crippen LogP contribution in [0.3, 0.4) is 0 Å². The monoisotopic (exact) mass is 374 g/mol. The number of halogens is 1. The van der Waals surface area contributed by atoms with Crippen molar-refractivity contribution < 1.29 is 12.6 Å². The van der Waals surface area contributed by atoms with Gasteiger partial charge in [-0.05, 0) is 37.1 Å². The zero-order chi connectivity index (χ0) is 17.8. The molecule has 0 aliphatic carbocycles. The van der Waals surface area contributed by atoms with Gasteiger partial charge in [-0.3, -0.25) is 4.18 Å². The zero-order valence-corrected chi connectivity index (χ0v) is 16.6. The van der Waals surface area contributed by atoms with Gasteiger partial charge < -0.3 is 0 Å². The zero-order valence-electron chi connectivity index (χ0n) is 15.0. The van der Waals surface area contributed by atoms with E-state index in [-0.39, 0.29) is 11.5 Å². The van der Waals surface area contributed by atoms with Crippen LogP contribution in [0.25, 0.3) is 0 Å². The molecular weight excluding hydrogens is 344 g/mol. The van der Waals surface area contributed by atoms with Crippen LogP contribution in [-0.4, -0.2) is 15.0 Å². The summed E-state index contributed by atoms with van der Waals surface area (Å²) >= 11 is 5.85. The molecule has 1 aromatic rings. The molecule has 0 fully saturated rings. The minimum Gasteiger partial charge on any atom is -0.266 e. The Balaban J connectivity index is 2.14. The highest BCUT2D eigenvalue weighted by molar-refractivity contribution is 7.86. The van der Waals surface area contributed by atoms with Gasteiger partial charge in [0.15, 0.2) is 0 Å². The Hall–Kier alpha value is -0.580. The minimum absolute atomic E-state index is 0.207. The molecule has 1 aromatic carbocycles. The molecule has 0 unspecified atom stereocenters. The van der Waals surface area contributed by atoms with Crippen LogP contribution in [0.1, 0.15) is 76.7 Å². The van der Waals surface area contributed by atoms with Gasteiger partial charge in [0.2, 0.25) is 0 Å². The predicted molar refractivity (Wildman–Crippen MR) is 101 cm³/mol. The number of hydrogen-bond acceptors (Lipinski definition) is 3. The Bertz CT molecular complexity index is 570. The average molecular weight is 375 g/mol. The third kappa shape index (κ3) is 8.50. The van der Waals surface area contributed by atoms with Gasteiger partial charge in [-0.2, -0.15) is 8.42 Å². The number of aryl methyl sites for hydroxylation is 1. The number of benzene rings is 1. The second kappa shape index (κ2) is 11.9. The molecule has 1 rings (SSSR count). The van der Waals surface area contributed by atoms with Crippen molar-refractivity contribution in [2.75, 3.05) is 6.61 Å². The molecule has 0 atom stereocenters. The SMILES string of the molecule is CCCCCCCCCCCCOS(=O)(=O)c1ccc(Cl)cc1C. The molecule has 24 heavy (non-hydrogen) atoms. The quantitative estimate of drug-likeness (QED) is 0.301. The van der Waals surface area contributed by atoms with Crippen molar-refractivity contribution >= 4 is 21.7 Å². The molecule has 0 aromatic heterocycles. The lowest BCUT2D eigenvalue weighted by molar-refractivity contribution is 0.306. The third-order valence-electron chi connectivity index (χ3n) is 4.14. The van der Waals surface area contributed by atoms with Gasteiger partial charge in [-0.25, -0.2) is 0 Å². The van der Waals surface area contributed by atoms with E-state index in [0.717, 1.165) is 19.3 Å². The maximum absolute atomic E-state index is 12.2. The summed E-state index contributed by atoms with van der Waals surface area (Å²) < 4.78 is 29.5. The molecule has 138 valence electrons. The Morgan fingerprint density at radius 2 is 1.46 bits per heavy atom. The Morgan fingerprint density at radius 3 is 2.00 bits per heavy atom. The first kappa shape index (κ1) is 21.5. The number of rotatable bonds is 13. The number of unbranched alkanes of at least 4 members (excludes halogenated alkanes) is 9. The van der Waals surface area contributed by atoms with E-state index in [1.165, 1.54) is 51.0 Å². The van der Waals surface area contributed by atoms with Crippen LogP contribution in [0.4, 0.5) is 0 Å². The van der Waals surface area contributed by atoms with Gasteiger partial charge in [0.1, 0.15) is 0 Å². The predicted octanol–water partition coefficient (Wildman–Crippen LogP) is 6.27. The summed E-state index contributed by atoms with van der Waals surface area (Å²) in [5.74, 6) is 0. The van der Waals surface area contributed by atoms with Crippen LogP contribution in [0, 0.1) is 6.92 Å². The fourth-order valence-electron chi connectivity index (χ4n) is 2.71. The lowest BCUT2D eigenvalue weighted by Gasteiger charge is -2.08. The summed E-state index contributed by atoms with van der Waals surface area (Å²) in [6.45, 7) is 4.21. The highest BCUT2D eigenvalue weighted by Crippen LogP contribution is 2.21. The molecule has 0 amide bonds. The second-order valence-electron chi connectivity index (χ2n) is 6.37. The Kier molecular flexibility index (Phi) is 10.6. The summed E-state index contributed by atoms with van der Waals surface area (Å²) in [6.07, 6.45) is 12.1. The summed E-state index contributed by atoms with van der Waals surface area (Å²) in [4.78, 5) is 0.207. The first-order chi connectivity index (χ1) is 11.5. The van der Waals surface area contributed by atoms with Gasteiger partial charge in [-0.1, -0.05) is 76.3 Å². The van der Waals surface area contributed by atoms with Crippen molar-refractivity contribution in [3.8, 4) is 0 Å². The summed E-state index contributed by atoms with van der Waals surface area (Å²) in [7, 11) is -3.68. The maximum Gasteiger partial charge on any atom is 0.297 e. The molecule has 0 spiro atoms. The van der Waals surface area contributed by atoms with Gasteiger partial charge in [0.05, 0.1) is 11.5 Å². The molecular formula is C19H31ClO3S. The van der Waals surface area contributed by atoms with Crippen molar-refractivity contribution in [2.45, 2.75) is 83.0 Å². The van der Waals surface area contributed by atoms with E-state index in [2.05, 4.69) is 6.92 Å². The van der Waals surface area contributed by atoms with Crippen molar-refractivity contribution in [3.05, 3.63) is 28.8 Å². The van der Waals surface area contributed by atoms with E-state index in [1.54, 1.807) is 19.1 Å². The molecule has 0 saturated heterocycles. The maximum atomic E-state index is 12.2. The molecule has 0 bridgehead atoms. The molecule has 0 radical (unpaired) electrons. The first-order valence-electron chi connectivity index (χ1n) is 9.13. The third-order valence-corrected chi connectivity index (χ3v) is 5.85. The van der Waals surface area contributed by atoms with Crippen molar-refractivity contribution in [1.82, 2.24) is 0 Å². The van der Waals surface area contributed by atoms with Gasteiger partial charge >= 0.3 is 0 Å². The van der Waals surface area contributed by atoms with Gasteiger partial charge in [0.25, 0.3) is 10.1 Å². The normalized spacial score (nSPS) is 11.8. The molecule has 5 heteroatoms. The van der Waals surface area contributed by atoms with Crippen molar-refractivity contribution in [2.24, 2.45) is 0 Å². The molecule has 0 heterocycles. The van der Waals surface area contributed by atoms with Crippen LogP contribution >= 0.6 is 11.6 Å². The number of hydrogen-bond donors (Lipinski definition) is 0. The Morgan fingerprint density at radius 1 is 0.917 bits per heavy atom. The second-order valence-corrected chi connectivity index (χ2v) is 8.39. The van der Waals surface area contributed by atoms with E-state index in [1.807, 2.05) is 0 Å². The molecule has 0 saturated carbocycles. The van der Waals surface area contributed by atoms with Crippen LogP contribution in [0.5, 0.6) is 0 Å². The van der Waals surface area contributed by atoms with Crippen LogP contribution in [0.15, 0.2) is 23.1 Å². The molecule has 0 N–H and O–H groups in total. The highest BCUT2D eigenvalue weighted by atomic mass is 35.5. The van der Waals surface area contributed by atoms with E-state index in [0.29, 0.717) is 10.6 Å². The summed E-state index contributed by atoms with van der Waals surface area (Å²) in [5.41, 5.74) is 0.616. The molecule has 0 aliphatic rings. The first-order valence-corrected chi connectivity index (χ1v) is 10.9. The fourth-order valence-corrected chi connectivity index (χ4v) is 4.09. The Labute approximate surface area is 152 Å². The molecule has 0 aliphatic heterocycles. The fraction of sp³-hybridized carbons (Fsp3) is 0.684. The standard InChI is InChI=1S/C19H31ClO3S/c1-3-4-5-6-7-8-9-10-11-12-15-23-24(21,22)19-14-13-18(20)16-17(19)2/h13-14,16H,3-12,15H2,1-2H3. The van der Waals surface area contributed by atoms with Crippen LogP contribution < -0.4 is 0 Å². The van der Waals surface area contributed by atoms with Crippen LogP contribution in [-0.2, 0) is 14.3 Å². The largest absolute Gasteiger partial charge is 0.297 e.